The number of imidazole rings is 1. The Labute approximate surface area is 207 Å². The van der Waals surface area contributed by atoms with Crippen LogP contribution in [0.5, 0.6) is 5.88 Å². The summed E-state index contributed by atoms with van der Waals surface area (Å²) in [7, 11) is 0. The Hall–Kier alpha value is -2.45. The van der Waals surface area contributed by atoms with Crippen molar-refractivity contribution in [3.8, 4) is 5.88 Å². The number of allylic oxidation sites excluding steroid dienone is 1. The van der Waals surface area contributed by atoms with E-state index in [0.717, 1.165) is 43.0 Å². The average molecular weight is 514 g/mol. The molecule has 1 aromatic carbocycles. The van der Waals surface area contributed by atoms with Crippen LogP contribution in [0.15, 0.2) is 41.5 Å². The fourth-order valence-corrected chi connectivity index (χ4v) is 3.96. The Bertz CT molecular complexity index is 1170. The number of fused-ring (bicyclic) bond motifs is 1. The SMILES string of the molecule is Cl.Cl.Oc1nc(N2CCN(c3ccc(Cl)c(Cl)c3)CC2)[nH]c1/C=C1\C=Nc2ncccc21. The van der Waals surface area contributed by atoms with Gasteiger partial charge in [0.25, 0.3) is 0 Å². The first-order valence-corrected chi connectivity index (χ1v) is 10.3. The summed E-state index contributed by atoms with van der Waals surface area (Å²) in [5.74, 6) is 1.30. The van der Waals surface area contributed by atoms with Crippen LogP contribution in [-0.2, 0) is 0 Å². The minimum absolute atomic E-state index is 0. The molecule has 7 nitrogen and oxygen atoms in total. The summed E-state index contributed by atoms with van der Waals surface area (Å²) in [5, 5.41) is 11.5. The van der Waals surface area contributed by atoms with E-state index in [-0.39, 0.29) is 30.7 Å². The molecule has 2 aromatic heterocycles. The highest BCUT2D eigenvalue weighted by Crippen LogP contribution is 2.32. The maximum absolute atomic E-state index is 10.3. The number of aromatic hydroxyl groups is 1. The third kappa shape index (κ3) is 4.66. The molecule has 4 heterocycles. The highest BCUT2D eigenvalue weighted by atomic mass is 35.5. The topological polar surface area (TPSA) is 80.6 Å². The standard InChI is InChI=1S/C21H18Cl2N6O.2ClH/c22-16-4-3-14(11-17(16)23)28-6-8-29(9-7-28)21-26-18(20(30)27-21)10-13-12-25-19-15(13)2-1-5-24-19;;/h1-5,10-12,30H,6-9H2,(H,26,27);2*1H/b13-10+;;. The molecule has 168 valence electrons. The van der Waals surface area contributed by atoms with Crippen molar-refractivity contribution in [3.63, 3.8) is 0 Å². The van der Waals surface area contributed by atoms with Gasteiger partial charge in [-0.1, -0.05) is 23.2 Å². The van der Waals surface area contributed by atoms with Crippen LogP contribution in [-0.4, -0.2) is 52.5 Å². The number of nitrogens with one attached hydrogen (secondary N) is 1. The molecule has 1 saturated heterocycles. The number of aromatic amines is 1. The summed E-state index contributed by atoms with van der Waals surface area (Å²) in [6, 6.07) is 9.50. The van der Waals surface area contributed by atoms with E-state index in [1.807, 2.05) is 36.4 Å². The number of aliphatic imine (C=N–C) groups is 1. The maximum atomic E-state index is 10.3. The number of nitrogens with zero attached hydrogens (tertiary/aromatic N) is 5. The number of anilines is 2. The lowest BCUT2D eigenvalue weighted by atomic mass is 10.1. The Morgan fingerprint density at radius 2 is 1.75 bits per heavy atom. The average Bonchev–Trinajstić information content (AvgIpc) is 3.34. The number of pyridine rings is 1. The molecule has 0 atom stereocenters. The number of piperazine rings is 1. The molecule has 0 radical (unpaired) electrons. The second-order valence-corrected chi connectivity index (χ2v) is 7.92. The highest BCUT2D eigenvalue weighted by Gasteiger charge is 2.22. The number of rotatable bonds is 3. The third-order valence-electron chi connectivity index (χ3n) is 5.27. The maximum Gasteiger partial charge on any atom is 0.238 e. The molecular weight excluding hydrogens is 494 g/mol. The number of hydrogen-bond donors (Lipinski definition) is 2. The molecule has 0 bridgehead atoms. The van der Waals surface area contributed by atoms with Crippen molar-refractivity contribution in [3.05, 3.63) is 57.8 Å². The van der Waals surface area contributed by atoms with Crippen molar-refractivity contribution in [1.29, 1.82) is 0 Å². The highest BCUT2D eigenvalue weighted by molar-refractivity contribution is 6.42. The second-order valence-electron chi connectivity index (χ2n) is 7.10. The zero-order valence-corrected chi connectivity index (χ0v) is 19.8. The molecule has 5 rings (SSSR count). The Morgan fingerprint density at radius 3 is 2.50 bits per heavy atom. The van der Waals surface area contributed by atoms with Crippen LogP contribution in [0.2, 0.25) is 10.0 Å². The summed E-state index contributed by atoms with van der Waals surface area (Å²) < 4.78 is 0. The number of hydrogen-bond acceptors (Lipinski definition) is 6. The summed E-state index contributed by atoms with van der Waals surface area (Å²) >= 11 is 12.2. The molecule has 2 N–H and O–H groups in total. The molecule has 32 heavy (non-hydrogen) atoms. The Balaban J connectivity index is 0.00000144. The van der Waals surface area contributed by atoms with Gasteiger partial charge in [-0.05, 0) is 36.4 Å². The van der Waals surface area contributed by atoms with Crippen molar-refractivity contribution in [1.82, 2.24) is 15.0 Å². The molecule has 0 spiro atoms. The van der Waals surface area contributed by atoms with Crippen molar-refractivity contribution in [2.45, 2.75) is 0 Å². The number of H-pyrrole nitrogens is 1. The van der Waals surface area contributed by atoms with Crippen molar-refractivity contribution in [2.75, 3.05) is 36.0 Å². The lowest BCUT2D eigenvalue weighted by Crippen LogP contribution is -2.47. The summed E-state index contributed by atoms with van der Waals surface area (Å²) in [5.41, 5.74) is 3.41. The second kappa shape index (κ2) is 10.0. The lowest BCUT2D eigenvalue weighted by Gasteiger charge is -2.36. The predicted octanol–water partition coefficient (Wildman–Crippen LogP) is 5.24. The smallest absolute Gasteiger partial charge is 0.238 e. The first-order chi connectivity index (χ1) is 14.6. The van der Waals surface area contributed by atoms with E-state index in [0.29, 0.717) is 27.5 Å². The van der Waals surface area contributed by atoms with Gasteiger partial charge in [-0.25, -0.2) is 9.98 Å². The molecule has 1 fully saturated rings. The van der Waals surface area contributed by atoms with E-state index in [2.05, 4.69) is 29.7 Å². The third-order valence-corrected chi connectivity index (χ3v) is 6.01. The van der Waals surface area contributed by atoms with Crippen LogP contribution < -0.4 is 9.80 Å². The van der Waals surface area contributed by atoms with Gasteiger partial charge in [-0.3, -0.25) is 0 Å². The first kappa shape index (κ1) is 24.2. The van der Waals surface area contributed by atoms with E-state index in [4.69, 9.17) is 23.2 Å². The zero-order chi connectivity index (χ0) is 20.7. The van der Waals surface area contributed by atoms with Crippen molar-refractivity contribution in [2.24, 2.45) is 4.99 Å². The van der Waals surface area contributed by atoms with E-state index in [1.54, 1.807) is 12.4 Å². The van der Waals surface area contributed by atoms with Gasteiger partial charge < -0.3 is 19.9 Å². The summed E-state index contributed by atoms with van der Waals surface area (Å²) in [6.07, 6.45) is 5.30. The van der Waals surface area contributed by atoms with Gasteiger partial charge in [0.05, 0.1) is 10.0 Å². The molecule has 11 heteroatoms. The fourth-order valence-electron chi connectivity index (χ4n) is 3.67. The Kier molecular flexibility index (Phi) is 7.56. The van der Waals surface area contributed by atoms with Crippen LogP contribution in [0.4, 0.5) is 17.5 Å². The molecule has 0 unspecified atom stereocenters. The molecule has 0 saturated carbocycles. The zero-order valence-electron chi connectivity index (χ0n) is 16.7. The van der Waals surface area contributed by atoms with E-state index in [9.17, 15) is 5.11 Å². The minimum Gasteiger partial charge on any atom is -0.492 e. The van der Waals surface area contributed by atoms with Gasteiger partial charge >= 0.3 is 0 Å². The normalized spacial score (nSPS) is 16.0. The van der Waals surface area contributed by atoms with E-state index < -0.39 is 0 Å². The van der Waals surface area contributed by atoms with Gasteiger partial charge in [0.1, 0.15) is 5.69 Å². The van der Waals surface area contributed by atoms with Gasteiger partial charge in [0.15, 0.2) is 5.82 Å². The minimum atomic E-state index is -0.0323. The largest absolute Gasteiger partial charge is 0.492 e. The molecule has 0 aliphatic carbocycles. The van der Waals surface area contributed by atoms with E-state index in [1.165, 1.54) is 0 Å². The molecule has 3 aromatic rings. The first-order valence-electron chi connectivity index (χ1n) is 9.53. The number of aromatic nitrogens is 3. The van der Waals surface area contributed by atoms with Gasteiger partial charge in [0.2, 0.25) is 11.8 Å². The molecule has 2 aliphatic rings. The van der Waals surface area contributed by atoms with Gasteiger partial charge in [-0.15, -0.1) is 24.8 Å². The molecule has 2 aliphatic heterocycles. The van der Waals surface area contributed by atoms with Gasteiger partial charge in [-0.2, -0.15) is 4.98 Å². The monoisotopic (exact) mass is 512 g/mol. The van der Waals surface area contributed by atoms with Crippen LogP contribution in [0, 0.1) is 0 Å². The fraction of sp³-hybridized carbons (Fsp3) is 0.190. The Morgan fingerprint density at radius 1 is 1.00 bits per heavy atom. The van der Waals surface area contributed by atoms with Crippen LogP contribution in [0.1, 0.15) is 11.3 Å². The summed E-state index contributed by atoms with van der Waals surface area (Å²) in [6.45, 7) is 3.14. The molecular formula is C21H20Cl4N6O. The van der Waals surface area contributed by atoms with Crippen LogP contribution in [0.3, 0.4) is 0 Å². The van der Waals surface area contributed by atoms with E-state index >= 15 is 0 Å². The molecule has 0 amide bonds. The number of halogens is 4. The lowest BCUT2D eigenvalue weighted by molar-refractivity contribution is 0.455. The van der Waals surface area contributed by atoms with Crippen molar-refractivity contribution < 1.29 is 5.11 Å². The quantitative estimate of drug-likeness (QED) is 0.500. The predicted molar refractivity (Wildman–Crippen MR) is 136 cm³/mol. The van der Waals surface area contributed by atoms with Crippen LogP contribution in [0.25, 0.3) is 11.6 Å². The summed E-state index contributed by atoms with van der Waals surface area (Å²) in [4.78, 5) is 20.5. The van der Waals surface area contributed by atoms with Gasteiger partial charge in [0, 0.05) is 55.4 Å². The number of benzene rings is 1. The van der Waals surface area contributed by atoms with Crippen molar-refractivity contribution >= 4 is 83.3 Å². The van der Waals surface area contributed by atoms with Crippen LogP contribution >= 0.6 is 48.0 Å².